The van der Waals surface area contributed by atoms with Gasteiger partial charge in [0.2, 0.25) is 0 Å². The van der Waals surface area contributed by atoms with E-state index in [0.29, 0.717) is 4.88 Å². The summed E-state index contributed by atoms with van der Waals surface area (Å²) < 4.78 is 1.79. The molecule has 0 aliphatic carbocycles. The molecule has 0 atom stereocenters. The Balaban J connectivity index is 2.54. The second-order valence-corrected chi connectivity index (χ2v) is 3.92. The highest BCUT2D eigenvalue weighted by molar-refractivity contribution is 7.12. The number of hydrogen-bond donors (Lipinski definition) is 1. The van der Waals surface area contributed by atoms with E-state index in [1.807, 2.05) is 19.1 Å². The minimum atomic E-state index is -0.885. The quantitative estimate of drug-likeness (QED) is 0.867. The molecule has 1 N–H and O–H groups in total. The van der Waals surface area contributed by atoms with Crippen molar-refractivity contribution in [1.82, 2.24) is 9.78 Å². The van der Waals surface area contributed by atoms with Crippen LogP contribution < -0.4 is 0 Å². The number of aryl methyl sites for hydroxylation is 1. The molecule has 15 heavy (non-hydrogen) atoms. The monoisotopic (exact) mass is 222 g/mol. The average molecular weight is 222 g/mol. The van der Waals surface area contributed by atoms with Gasteiger partial charge in [-0.3, -0.25) is 4.68 Å². The van der Waals surface area contributed by atoms with Crippen LogP contribution in [0, 0.1) is 0 Å². The van der Waals surface area contributed by atoms with Crippen LogP contribution in [-0.2, 0) is 6.54 Å². The van der Waals surface area contributed by atoms with E-state index in [1.165, 1.54) is 11.3 Å². The van der Waals surface area contributed by atoms with Crippen molar-refractivity contribution in [2.45, 2.75) is 13.5 Å². The Hall–Kier alpha value is -1.62. The van der Waals surface area contributed by atoms with Gasteiger partial charge < -0.3 is 5.11 Å². The summed E-state index contributed by atoms with van der Waals surface area (Å²) in [5.74, 6) is -0.885. The fourth-order valence-corrected chi connectivity index (χ4v) is 2.23. The molecule has 2 aromatic heterocycles. The third kappa shape index (κ3) is 1.66. The third-order valence-electron chi connectivity index (χ3n) is 2.15. The summed E-state index contributed by atoms with van der Waals surface area (Å²) in [4.78, 5) is 11.3. The first-order valence-electron chi connectivity index (χ1n) is 4.57. The summed E-state index contributed by atoms with van der Waals surface area (Å²) in [6.45, 7) is 2.71. The lowest BCUT2D eigenvalue weighted by atomic mass is 10.2. The molecule has 0 saturated heterocycles. The van der Waals surface area contributed by atoms with E-state index in [9.17, 15) is 4.79 Å². The van der Waals surface area contributed by atoms with Gasteiger partial charge in [0, 0.05) is 18.3 Å². The van der Waals surface area contributed by atoms with E-state index in [1.54, 1.807) is 16.3 Å². The van der Waals surface area contributed by atoms with Crippen LogP contribution in [0.15, 0.2) is 23.7 Å². The summed E-state index contributed by atoms with van der Waals surface area (Å²) in [5.41, 5.74) is 1.60. The Morgan fingerprint density at radius 3 is 3.07 bits per heavy atom. The molecule has 0 amide bonds. The van der Waals surface area contributed by atoms with Gasteiger partial charge in [0.05, 0.1) is 5.69 Å². The number of rotatable bonds is 3. The first-order valence-corrected chi connectivity index (χ1v) is 5.45. The van der Waals surface area contributed by atoms with Crippen LogP contribution in [0.1, 0.15) is 16.6 Å². The Bertz CT molecular complexity index is 487. The molecule has 0 aliphatic heterocycles. The smallest absolute Gasteiger partial charge is 0.346 e. The summed E-state index contributed by atoms with van der Waals surface area (Å²) >= 11 is 1.23. The van der Waals surface area contributed by atoms with Crippen molar-refractivity contribution >= 4 is 17.3 Å². The minimum Gasteiger partial charge on any atom is -0.477 e. The van der Waals surface area contributed by atoms with Crippen LogP contribution in [-0.4, -0.2) is 20.9 Å². The molecule has 0 aromatic carbocycles. The van der Waals surface area contributed by atoms with Crippen LogP contribution >= 0.6 is 11.3 Å². The Kier molecular flexibility index (Phi) is 2.55. The number of hydrogen-bond acceptors (Lipinski definition) is 3. The van der Waals surface area contributed by atoms with Gasteiger partial charge in [0.25, 0.3) is 0 Å². The van der Waals surface area contributed by atoms with Crippen LogP contribution in [0.4, 0.5) is 0 Å². The lowest BCUT2D eigenvalue weighted by molar-refractivity contribution is 0.0703. The second kappa shape index (κ2) is 3.86. The summed E-state index contributed by atoms with van der Waals surface area (Å²) in [5, 5.41) is 14.9. The standard InChI is InChI=1S/C10H10N2O2S/c1-2-12-8(3-5-11-12)7-4-6-15-9(7)10(13)14/h3-6H,2H2,1H3,(H,13,14). The van der Waals surface area contributed by atoms with Crippen LogP contribution in [0.2, 0.25) is 0 Å². The SMILES string of the molecule is CCn1nccc1-c1ccsc1C(=O)O. The van der Waals surface area contributed by atoms with Gasteiger partial charge in [-0.1, -0.05) is 0 Å². The molecule has 0 bridgehead atoms. The van der Waals surface area contributed by atoms with Crippen LogP contribution in [0.3, 0.4) is 0 Å². The summed E-state index contributed by atoms with van der Waals surface area (Å²) in [7, 11) is 0. The number of thiophene rings is 1. The number of nitrogens with zero attached hydrogens (tertiary/aromatic N) is 2. The number of carboxylic acids is 1. The molecule has 2 aromatic rings. The second-order valence-electron chi connectivity index (χ2n) is 3.00. The molecule has 2 rings (SSSR count). The predicted octanol–water partition coefficient (Wildman–Crippen LogP) is 2.33. The molecule has 0 radical (unpaired) electrons. The Morgan fingerprint density at radius 1 is 1.60 bits per heavy atom. The Labute approximate surface area is 90.8 Å². The van der Waals surface area contributed by atoms with Crippen molar-refractivity contribution in [2.75, 3.05) is 0 Å². The number of carboxylic acid groups (broad SMARTS) is 1. The van der Waals surface area contributed by atoms with Gasteiger partial charge in [-0.15, -0.1) is 11.3 Å². The van der Waals surface area contributed by atoms with E-state index >= 15 is 0 Å². The van der Waals surface area contributed by atoms with Gasteiger partial charge in [0.1, 0.15) is 4.88 Å². The summed E-state index contributed by atoms with van der Waals surface area (Å²) in [6, 6.07) is 3.65. The number of carbonyl (C=O) groups is 1. The average Bonchev–Trinajstić information content (AvgIpc) is 2.85. The van der Waals surface area contributed by atoms with E-state index in [4.69, 9.17) is 5.11 Å². The van der Waals surface area contributed by atoms with E-state index in [-0.39, 0.29) is 0 Å². The maximum absolute atomic E-state index is 11.0. The fraction of sp³-hybridized carbons (Fsp3) is 0.200. The lowest BCUT2D eigenvalue weighted by Crippen LogP contribution is -2.01. The highest BCUT2D eigenvalue weighted by Crippen LogP contribution is 2.27. The largest absolute Gasteiger partial charge is 0.477 e. The fourth-order valence-electron chi connectivity index (χ4n) is 1.49. The van der Waals surface area contributed by atoms with Crippen molar-refractivity contribution in [1.29, 1.82) is 0 Å². The zero-order chi connectivity index (χ0) is 10.8. The molecule has 0 spiro atoms. The van der Waals surface area contributed by atoms with Crippen molar-refractivity contribution in [2.24, 2.45) is 0 Å². The summed E-state index contributed by atoms with van der Waals surface area (Å²) in [6.07, 6.45) is 1.68. The van der Waals surface area contributed by atoms with Crippen LogP contribution in [0.5, 0.6) is 0 Å². The van der Waals surface area contributed by atoms with Gasteiger partial charge in [-0.05, 0) is 24.4 Å². The highest BCUT2D eigenvalue weighted by Gasteiger charge is 2.15. The molecule has 4 nitrogen and oxygen atoms in total. The molecule has 2 heterocycles. The van der Waals surface area contributed by atoms with Gasteiger partial charge >= 0.3 is 5.97 Å². The molecular weight excluding hydrogens is 212 g/mol. The van der Waals surface area contributed by atoms with Crippen LogP contribution in [0.25, 0.3) is 11.3 Å². The number of aromatic nitrogens is 2. The lowest BCUT2D eigenvalue weighted by Gasteiger charge is -2.03. The first-order chi connectivity index (χ1) is 7.24. The van der Waals surface area contributed by atoms with E-state index in [0.717, 1.165) is 17.8 Å². The molecule has 0 fully saturated rings. The molecule has 0 unspecified atom stereocenters. The van der Waals surface area contributed by atoms with E-state index < -0.39 is 5.97 Å². The molecule has 78 valence electrons. The number of aromatic carboxylic acids is 1. The van der Waals surface area contributed by atoms with Crippen molar-refractivity contribution in [3.63, 3.8) is 0 Å². The Morgan fingerprint density at radius 2 is 2.40 bits per heavy atom. The van der Waals surface area contributed by atoms with E-state index in [2.05, 4.69) is 5.10 Å². The molecule has 0 aliphatic rings. The molecule has 0 saturated carbocycles. The van der Waals surface area contributed by atoms with Crippen molar-refractivity contribution in [3.05, 3.63) is 28.6 Å². The van der Waals surface area contributed by atoms with Crippen molar-refractivity contribution < 1.29 is 9.90 Å². The molecular formula is C10H10N2O2S. The van der Waals surface area contributed by atoms with Gasteiger partial charge in [0.15, 0.2) is 0 Å². The maximum Gasteiger partial charge on any atom is 0.346 e. The zero-order valence-corrected chi connectivity index (χ0v) is 8.99. The van der Waals surface area contributed by atoms with Gasteiger partial charge in [-0.2, -0.15) is 5.10 Å². The normalized spacial score (nSPS) is 10.5. The first kappa shape index (κ1) is 9.92. The maximum atomic E-state index is 11.0. The molecule has 5 heteroatoms. The minimum absolute atomic E-state index is 0.366. The van der Waals surface area contributed by atoms with Gasteiger partial charge in [-0.25, -0.2) is 4.79 Å². The topological polar surface area (TPSA) is 55.1 Å². The predicted molar refractivity (Wildman–Crippen MR) is 58.2 cm³/mol. The third-order valence-corrected chi connectivity index (χ3v) is 3.05. The highest BCUT2D eigenvalue weighted by atomic mass is 32.1. The van der Waals surface area contributed by atoms with Crippen molar-refractivity contribution in [3.8, 4) is 11.3 Å². The zero-order valence-electron chi connectivity index (χ0n) is 8.17.